The van der Waals surface area contributed by atoms with E-state index in [1.165, 1.54) is 5.56 Å². The van der Waals surface area contributed by atoms with E-state index in [2.05, 4.69) is 109 Å². The SMILES string of the molecule is Cc1ccnc(N2c3[c-]c(-c4ccc5c(N(c6ccccc6)c6ccccc6)ccc(O)c5n4)ccc3C(C)(C)c3ccccc32)c1.[Pt]. The number of hydrogen-bond donors (Lipinski definition) is 1. The molecular weight excluding hydrogens is 772 g/mol. The second-order valence-electron chi connectivity index (χ2n) is 12.5. The smallest absolute Gasteiger partial charge is 0.140 e. The fourth-order valence-electron chi connectivity index (χ4n) is 6.77. The molecule has 0 amide bonds. The first-order valence-electron chi connectivity index (χ1n) is 15.8. The number of phenolic OH excluding ortho intramolecular Hbond substituents is 1. The fourth-order valence-corrected chi connectivity index (χ4v) is 6.77. The molecule has 6 heteroatoms. The molecule has 48 heavy (non-hydrogen) atoms. The van der Waals surface area contributed by atoms with Crippen LogP contribution in [0.4, 0.5) is 34.3 Å². The summed E-state index contributed by atoms with van der Waals surface area (Å²) in [5.41, 5.74) is 10.4. The number of pyridine rings is 2. The van der Waals surface area contributed by atoms with Crippen LogP contribution < -0.4 is 9.80 Å². The first-order valence-corrected chi connectivity index (χ1v) is 15.8. The molecule has 7 aromatic rings. The molecular formula is C42H33N4OPt-. The van der Waals surface area contributed by atoms with Crippen LogP contribution in [0, 0.1) is 13.0 Å². The van der Waals surface area contributed by atoms with Gasteiger partial charge in [-0.3, -0.25) is 4.98 Å². The monoisotopic (exact) mass is 804 g/mol. The number of hydrogen-bond acceptors (Lipinski definition) is 5. The van der Waals surface area contributed by atoms with E-state index in [9.17, 15) is 5.11 Å². The van der Waals surface area contributed by atoms with Crippen molar-refractivity contribution in [1.29, 1.82) is 0 Å². The summed E-state index contributed by atoms with van der Waals surface area (Å²) in [5, 5.41) is 12.0. The van der Waals surface area contributed by atoms with Gasteiger partial charge >= 0.3 is 0 Å². The number of para-hydroxylation sites is 3. The van der Waals surface area contributed by atoms with Crippen molar-refractivity contribution in [2.75, 3.05) is 9.80 Å². The number of aromatic nitrogens is 2. The topological polar surface area (TPSA) is 52.5 Å². The van der Waals surface area contributed by atoms with Crippen LogP contribution in [0.25, 0.3) is 22.2 Å². The van der Waals surface area contributed by atoms with E-state index in [0.29, 0.717) is 5.52 Å². The Morgan fingerprint density at radius 3 is 2.12 bits per heavy atom. The zero-order valence-electron chi connectivity index (χ0n) is 26.8. The van der Waals surface area contributed by atoms with Crippen molar-refractivity contribution in [2.24, 2.45) is 0 Å². The van der Waals surface area contributed by atoms with Crippen LogP contribution in [0.3, 0.4) is 0 Å². The van der Waals surface area contributed by atoms with Crippen molar-refractivity contribution in [3.05, 3.63) is 162 Å². The Morgan fingerprint density at radius 1 is 0.729 bits per heavy atom. The molecule has 1 N–H and O–H groups in total. The van der Waals surface area contributed by atoms with Gasteiger partial charge in [0, 0.05) is 49.7 Å². The summed E-state index contributed by atoms with van der Waals surface area (Å²) in [5.74, 6) is 0.976. The van der Waals surface area contributed by atoms with Gasteiger partial charge in [-0.25, -0.2) is 4.98 Å². The van der Waals surface area contributed by atoms with Gasteiger partial charge in [0.1, 0.15) is 17.1 Å². The van der Waals surface area contributed by atoms with Crippen LogP contribution in [-0.2, 0) is 26.5 Å². The summed E-state index contributed by atoms with van der Waals surface area (Å²) in [7, 11) is 0. The molecule has 0 aliphatic carbocycles. The molecule has 2 aromatic heterocycles. The van der Waals surface area contributed by atoms with E-state index < -0.39 is 0 Å². The average Bonchev–Trinajstić information content (AvgIpc) is 3.10. The largest absolute Gasteiger partial charge is 0.506 e. The Labute approximate surface area is 295 Å². The van der Waals surface area contributed by atoms with Gasteiger partial charge in [0.15, 0.2) is 0 Å². The molecule has 0 unspecified atom stereocenters. The summed E-state index contributed by atoms with van der Waals surface area (Å²) in [6.45, 7) is 6.61. The van der Waals surface area contributed by atoms with E-state index in [1.54, 1.807) is 6.07 Å². The number of rotatable bonds is 5. The third-order valence-electron chi connectivity index (χ3n) is 9.13. The molecule has 0 saturated heterocycles. The molecule has 5 aromatic carbocycles. The van der Waals surface area contributed by atoms with Gasteiger partial charge in [0.25, 0.3) is 0 Å². The standard InChI is InChI=1S/C42H33N4O.Pt/c1-28-24-25-43-40(26-28)46-37-17-11-10-16-33(37)42(2,3)34-20-18-29(27-38(34)46)35-21-19-32-36(22-23-39(47)41(32)44-35)45(30-12-6-4-7-13-30)31-14-8-5-9-15-31;/h4-26,47H,1-3H3;/q-1;. The van der Waals surface area contributed by atoms with Crippen molar-refractivity contribution in [3.63, 3.8) is 0 Å². The molecule has 0 bridgehead atoms. The van der Waals surface area contributed by atoms with Gasteiger partial charge in [-0.1, -0.05) is 86.1 Å². The van der Waals surface area contributed by atoms with E-state index in [0.717, 1.165) is 62.0 Å². The Balaban J connectivity index is 0.00000364. The molecule has 1 aliphatic heterocycles. The van der Waals surface area contributed by atoms with Crippen LogP contribution >= 0.6 is 0 Å². The van der Waals surface area contributed by atoms with Crippen molar-refractivity contribution < 1.29 is 26.2 Å². The van der Waals surface area contributed by atoms with E-state index in [1.807, 2.05) is 60.8 Å². The van der Waals surface area contributed by atoms with Crippen molar-refractivity contribution in [1.82, 2.24) is 9.97 Å². The quantitative estimate of drug-likeness (QED) is 0.176. The second-order valence-corrected chi connectivity index (χ2v) is 12.5. The molecule has 3 heterocycles. The van der Waals surface area contributed by atoms with E-state index in [-0.39, 0.29) is 32.2 Å². The maximum atomic E-state index is 11.2. The fraction of sp³-hybridized carbons (Fsp3) is 0.0952. The van der Waals surface area contributed by atoms with Crippen LogP contribution in [-0.4, -0.2) is 15.1 Å². The number of benzene rings is 5. The molecule has 0 saturated carbocycles. The predicted octanol–water partition coefficient (Wildman–Crippen LogP) is 10.7. The van der Waals surface area contributed by atoms with E-state index >= 15 is 0 Å². The van der Waals surface area contributed by atoms with Gasteiger partial charge in [0.05, 0.1) is 5.69 Å². The predicted molar refractivity (Wildman–Crippen MR) is 192 cm³/mol. The summed E-state index contributed by atoms with van der Waals surface area (Å²) >= 11 is 0. The first-order chi connectivity index (χ1) is 22.9. The summed E-state index contributed by atoms with van der Waals surface area (Å²) in [6.07, 6.45) is 1.86. The zero-order valence-corrected chi connectivity index (χ0v) is 29.1. The Hall–Kier alpha value is -5.25. The zero-order chi connectivity index (χ0) is 32.1. The van der Waals surface area contributed by atoms with Crippen molar-refractivity contribution >= 4 is 45.2 Å². The van der Waals surface area contributed by atoms with Crippen LogP contribution in [0.5, 0.6) is 5.75 Å². The first kappa shape index (κ1) is 31.4. The van der Waals surface area contributed by atoms with Crippen LogP contribution in [0.15, 0.2) is 140 Å². The maximum absolute atomic E-state index is 11.2. The minimum absolute atomic E-state index is 0. The Kier molecular flexibility index (Phi) is 8.10. The van der Waals surface area contributed by atoms with Gasteiger partial charge in [0.2, 0.25) is 0 Å². The normalized spacial score (nSPS) is 12.9. The third kappa shape index (κ3) is 5.25. The number of aryl methyl sites for hydroxylation is 1. The van der Waals surface area contributed by atoms with Crippen molar-refractivity contribution in [3.8, 4) is 17.0 Å². The molecule has 0 radical (unpaired) electrons. The number of nitrogens with zero attached hydrogens (tertiary/aromatic N) is 4. The summed E-state index contributed by atoms with van der Waals surface area (Å²) < 4.78 is 0. The molecule has 238 valence electrons. The molecule has 0 atom stereocenters. The summed E-state index contributed by atoms with van der Waals surface area (Å²) in [4.78, 5) is 14.3. The number of anilines is 6. The van der Waals surface area contributed by atoms with Crippen molar-refractivity contribution in [2.45, 2.75) is 26.2 Å². The molecule has 5 nitrogen and oxygen atoms in total. The van der Waals surface area contributed by atoms with Crippen LogP contribution in [0.1, 0.15) is 30.5 Å². The number of aromatic hydroxyl groups is 1. The molecule has 8 rings (SSSR count). The molecule has 0 spiro atoms. The summed E-state index contributed by atoms with van der Waals surface area (Å²) in [6, 6.07) is 49.0. The number of phenols is 1. The van der Waals surface area contributed by atoms with E-state index in [4.69, 9.17) is 9.97 Å². The Bertz CT molecular complexity index is 2230. The van der Waals surface area contributed by atoms with Gasteiger partial charge in [-0.2, -0.15) is 0 Å². The molecule has 1 aliphatic rings. The second kappa shape index (κ2) is 12.4. The van der Waals surface area contributed by atoms with Gasteiger partial charge in [-0.05, 0) is 89.4 Å². The maximum Gasteiger partial charge on any atom is 0.140 e. The van der Waals surface area contributed by atoms with Gasteiger partial charge < -0.3 is 14.9 Å². The third-order valence-corrected chi connectivity index (χ3v) is 9.13. The van der Waals surface area contributed by atoms with Crippen LogP contribution in [0.2, 0.25) is 0 Å². The average molecular weight is 805 g/mol. The minimum Gasteiger partial charge on any atom is -0.506 e. The molecule has 0 fully saturated rings. The van der Waals surface area contributed by atoms with Gasteiger partial charge in [-0.15, -0.1) is 23.8 Å². The Morgan fingerprint density at radius 2 is 1.42 bits per heavy atom. The minimum atomic E-state index is -0.246. The number of fused-ring (bicyclic) bond motifs is 3.